The molecule has 0 heterocycles. The van der Waals surface area contributed by atoms with Crippen molar-refractivity contribution in [3.8, 4) is 0 Å². The molecule has 1 N–H and O–H groups in total. The van der Waals surface area contributed by atoms with Crippen LogP contribution in [0.2, 0.25) is 5.02 Å². The van der Waals surface area contributed by atoms with Crippen LogP contribution in [0.25, 0.3) is 0 Å². The van der Waals surface area contributed by atoms with Crippen molar-refractivity contribution in [2.24, 2.45) is 0 Å². The van der Waals surface area contributed by atoms with Gasteiger partial charge in [0.2, 0.25) is 10.0 Å². The number of nitrogens with zero attached hydrogens (tertiary/aromatic N) is 1. The van der Waals surface area contributed by atoms with Gasteiger partial charge in [-0.1, -0.05) is 18.0 Å². The van der Waals surface area contributed by atoms with Crippen LogP contribution in [0.4, 0.5) is 0 Å². The molecule has 0 radical (unpaired) electrons. The van der Waals surface area contributed by atoms with Crippen LogP contribution in [0.1, 0.15) is 25.7 Å². The Morgan fingerprint density at radius 1 is 1.26 bits per heavy atom. The average Bonchev–Trinajstić information content (AvgIpc) is 2.32. The fourth-order valence-corrected chi connectivity index (χ4v) is 3.99. The minimum absolute atomic E-state index is 0.000637. The standard InChI is InChI=1S/C13H18ClNO3S/c14-11-5-7-13(8-6-11)19(17,18)15(9-2-10-16)12-3-1-4-12/h5-8,12,16H,1-4,9-10H2. The highest BCUT2D eigenvalue weighted by Crippen LogP contribution is 2.30. The van der Waals surface area contributed by atoms with Gasteiger partial charge in [0.1, 0.15) is 0 Å². The molecule has 0 saturated heterocycles. The van der Waals surface area contributed by atoms with Crippen molar-refractivity contribution in [2.75, 3.05) is 13.2 Å². The SMILES string of the molecule is O=S(=O)(c1ccc(Cl)cc1)N(CCCO)C1CCC1. The quantitative estimate of drug-likeness (QED) is 0.877. The number of rotatable bonds is 6. The van der Waals surface area contributed by atoms with Crippen LogP contribution >= 0.6 is 11.6 Å². The summed E-state index contributed by atoms with van der Waals surface area (Å²) in [6, 6.07) is 6.30. The third kappa shape index (κ3) is 3.28. The second kappa shape index (κ2) is 6.22. The molecule has 0 spiro atoms. The molecule has 0 aliphatic heterocycles. The largest absolute Gasteiger partial charge is 0.396 e. The first-order valence-electron chi connectivity index (χ1n) is 6.44. The maximum atomic E-state index is 12.6. The molecule has 6 heteroatoms. The zero-order valence-electron chi connectivity index (χ0n) is 10.6. The molecule has 0 amide bonds. The summed E-state index contributed by atoms with van der Waals surface area (Å²) in [5.74, 6) is 0. The van der Waals surface area contributed by atoms with Crippen molar-refractivity contribution in [3.05, 3.63) is 29.3 Å². The summed E-state index contributed by atoms with van der Waals surface area (Å²) in [5, 5.41) is 9.44. The van der Waals surface area contributed by atoms with Gasteiger partial charge in [-0.25, -0.2) is 8.42 Å². The van der Waals surface area contributed by atoms with Gasteiger partial charge in [-0.3, -0.25) is 0 Å². The summed E-state index contributed by atoms with van der Waals surface area (Å²) in [7, 11) is -3.49. The van der Waals surface area contributed by atoms with Gasteiger partial charge >= 0.3 is 0 Å². The Labute approximate surface area is 119 Å². The lowest BCUT2D eigenvalue weighted by atomic mass is 9.93. The monoisotopic (exact) mass is 303 g/mol. The van der Waals surface area contributed by atoms with E-state index < -0.39 is 10.0 Å². The molecule has 0 unspecified atom stereocenters. The van der Waals surface area contributed by atoms with Crippen LogP contribution < -0.4 is 0 Å². The highest BCUT2D eigenvalue weighted by atomic mass is 35.5. The van der Waals surface area contributed by atoms with Crippen LogP contribution in [0, 0.1) is 0 Å². The predicted octanol–water partition coefficient (Wildman–Crippen LogP) is 2.27. The van der Waals surface area contributed by atoms with E-state index in [-0.39, 0.29) is 17.5 Å². The topological polar surface area (TPSA) is 57.6 Å². The van der Waals surface area contributed by atoms with Crippen molar-refractivity contribution >= 4 is 21.6 Å². The second-order valence-corrected chi connectivity index (χ2v) is 7.06. The smallest absolute Gasteiger partial charge is 0.243 e. The zero-order valence-corrected chi connectivity index (χ0v) is 12.2. The molecule has 19 heavy (non-hydrogen) atoms. The Kier molecular flexibility index (Phi) is 4.84. The fourth-order valence-electron chi connectivity index (χ4n) is 2.14. The van der Waals surface area contributed by atoms with Gasteiger partial charge < -0.3 is 5.11 Å². The van der Waals surface area contributed by atoms with Crippen LogP contribution in [-0.2, 0) is 10.0 Å². The highest BCUT2D eigenvalue weighted by Gasteiger charge is 2.34. The lowest BCUT2D eigenvalue weighted by Gasteiger charge is -2.36. The lowest BCUT2D eigenvalue weighted by molar-refractivity contribution is 0.198. The summed E-state index contributed by atoms with van der Waals surface area (Å²) in [4.78, 5) is 0.265. The Hall–Kier alpha value is -0.620. The molecule has 1 fully saturated rings. The van der Waals surface area contributed by atoms with Crippen molar-refractivity contribution in [2.45, 2.75) is 36.6 Å². The van der Waals surface area contributed by atoms with Crippen LogP contribution in [0.3, 0.4) is 0 Å². The minimum atomic E-state index is -3.49. The lowest BCUT2D eigenvalue weighted by Crippen LogP contribution is -2.44. The first-order chi connectivity index (χ1) is 9.05. The van der Waals surface area contributed by atoms with E-state index in [2.05, 4.69) is 0 Å². The van der Waals surface area contributed by atoms with Gasteiger partial charge in [-0.15, -0.1) is 0 Å². The first kappa shape index (κ1) is 14.8. The van der Waals surface area contributed by atoms with Gasteiger partial charge in [-0.2, -0.15) is 4.31 Å². The molecule has 2 rings (SSSR count). The number of halogens is 1. The minimum Gasteiger partial charge on any atom is -0.396 e. The van der Waals surface area contributed by atoms with Crippen LogP contribution in [-0.4, -0.2) is 37.0 Å². The van der Waals surface area contributed by atoms with Gasteiger partial charge in [0, 0.05) is 24.2 Å². The van der Waals surface area contributed by atoms with E-state index in [0.717, 1.165) is 19.3 Å². The highest BCUT2D eigenvalue weighted by molar-refractivity contribution is 7.89. The third-order valence-corrected chi connectivity index (χ3v) is 5.66. The van der Waals surface area contributed by atoms with Crippen molar-refractivity contribution in [3.63, 3.8) is 0 Å². The van der Waals surface area contributed by atoms with E-state index >= 15 is 0 Å². The fraction of sp³-hybridized carbons (Fsp3) is 0.538. The van der Waals surface area contributed by atoms with Gasteiger partial charge in [0.05, 0.1) is 4.90 Å². The molecule has 106 valence electrons. The Bertz CT molecular complexity index is 511. The molecule has 4 nitrogen and oxygen atoms in total. The maximum Gasteiger partial charge on any atom is 0.243 e. The van der Waals surface area contributed by atoms with E-state index in [1.807, 2.05) is 0 Å². The van der Waals surface area contributed by atoms with Crippen molar-refractivity contribution in [1.29, 1.82) is 0 Å². The number of aliphatic hydroxyl groups excluding tert-OH is 1. The molecule has 0 aromatic heterocycles. The molecule has 0 atom stereocenters. The molecular formula is C13H18ClNO3S. The summed E-state index contributed by atoms with van der Waals surface area (Å²) >= 11 is 5.78. The maximum absolute atomic E-state index is 12.6. The molecular weight excluding hydrogens is 286 g/mol. The molecule has 0 bridgehead atoms. The van der Waals surface area contributed by atoms with E-state index in [4.69, 9.17) is 16.7 Å². The molecule has 1 aliphatic carbocycles. The number of sulfonamides is 1. The number of hydrogen-bond acceptors (Lipinski definition) is 3. The first-order valence-corrected chi connectivity index (χ1v) is 8.26. The average molecular weight is 304 g/mol. The zero-order chi connectivity index (χ0) is 13.9. The van der Waals surface area contributed by atoms with Crippen LogP contribution in [0.5, 0.6) is 0 Å². The predicted molar refractivity (Wildman–Crippen MR) is 74.7 cm³/mol. The van der Waals surface area contributed by atoms with Gasteiger partial charge in [-0.05, 0) is 43.5 Å². The van der Waals surface area contributed by atoms with E-state index in [1.165, 1.54) is 16.4 Å². The normalized spacial score (nSPS) is 16.6. The number of aliphatic hydroxyl groups is 1. The summed E-state index contributed by atoms with van der Waals surface area (Å²) in [6.07, 6.45) is 3.33. The Morgan fingerprint density at radius 2 is 1.89 bits per heavy atom. The number of hydrogen-bond donors (Lipinski definition) is 1. The third-order valence-electron chi connectivity index (χ3n) is 3.44. The van der Waals surface area contributed by atoms with Crippen LogP contribution in [0.15, 0.2) is 29.2 Å². The van der Waals surface area contributed by atoms with Gasteiger partial charge in [0.15, 0.2) is 0 Å². The van der Waals surface area contributed by atoms with Crippen molar-refractivity contribution in [1.82, 2.24) is 4.31 Å². The Balaban J connectivity index is 2.24. The summed E-state index contributed by atoms with van der Waals surface area (Å²) in [6.45, 7) is 0.367. The van der Waals surface area contributed by atoms with E-state index in [0.29, 0.717) is 18.0 Å². The second-order valence-electron chi connectivity index (χ2n) is 4.73. The molecule has 1 aromatic rings. The van der Waals surface area contributed by atoms with Gasteiger partial charge in [0.25, 0.3) is 0 Å². The summed E-state index contributed by atoms with van der Waals surface area (Å²) < 4.78 is 26.7. The number of benzene rings is 1. The van der Waals surface area contributed by atoms with Crippen molar-refractivity contribution < 1.29 is 13.5 Å². The van der Waals surface area contributed by atoms with E-state index in [1.54, 1.807) is 12.1 Å². The molecule has 1 aliphatic rings. The molecule has 1 aromatic carbocycles. The Morgan fingerprint density at radius 3 is 2.37 bits per heavy atom. The summed E-state index contributed by atoms with van der Waals surface area (Å²) in [5.41, 5.74) is 0. The molecule has 1 saturated carbocycles. The van der Waals surface area contributed by atoms with E-state index in [9.17, 15) is 8.42 Å².